The Morgan fingerprint density at radius 1 is 1.33 bits per heavy atom. The van der Waals surface area contributed by atoms with E-state index in [1.54, 1.807) is 12.1 Å². The number of hydrogen-bond donors (Lipinski definition) is 2. The molecule has 1 aliphatic heterocycles. The fourth-order valence-corrected chi connectivity index (χ4v) is 2.06. The fraction of sp³-hybridized carbons (Fsp3) is 0.231. The van der Waals surface area contributed by atoms with Gasteiger partial charge in [0.2, 0.25) is 0 Å². The average molecular weight is 291 g/mol. The highest BCUT2D eigenvalue weighted by Crippen LogP contribution is 2.28. The second kappa shape index (κ2) is 5.61. The third-order valence-electron chi connectivity index (χ3n) is 2.91. The SMILES string of the molecule is CC(=O)Oc1ccc([C@H]2NC(=O)NC(C)=C2[N+](=O)[O-])cc1. The highest BCUT2D eigenvalue weighted by molar-refractivity contribution is 5.78. The lowest BCUT2D eigenvalue weighted by atomic mass is 10.0. The first-order valence-electron chi connectivity index (χ1n) is 6.09. The van der Waals surface area contributed by atoms with Crippen LogP contribution in [-0.2, 0) is 4.79 Å². The standard InChI is InChI=1S/C13H13N3O5/c1-7-12(16(19)20)11(15-13(18)14-7)9-3-5-10(6-4-9)21-8(2)17/h3-6,11H,1-2H3,(H2,14,15,18)/t11-/m1/s1. The number of benzene rings is 1. The molecule has 2 N–H and O–H groups in total. The van der Waals surface area contributed by atoms with E-state index in [0.717, 1.165) is 0 Å². The maximum absolute atomic E-state index is 11.5. The van der Waals surface area contributed by atoms with E-state index >= 15 is 0 Å². The summed E-state index contributed by atoms with van der Waals surface area (Å²) in [6.45, 7) is 2.75. The van der Waals surface area contributed by atoms with Gasteiger partial charge in [-0.1, -0.05) is 12.1 Å². The summed E-state index contributed by atoms with van der Waals surface area (Å²) in [5, 5.41) is 16.0. The normalized spacial score (nSPS) is 17.8. The molecule has 21 heavy (non-hydrogen) atoms. The first-order chi connectivity index (χ1) is 9.88. The number of carbonyl (C=O) groups is 2. The van der Waals surface area contributed by atoms with Crippen molar-refractivity contribution < 1.29 is 19.2 Å². The molecule has 0 saturated carbocycles. The minimum Gasteiger partial charge on any atom is -0.427 e. The van der Waals surface area contributed by atoms with Gasteiger partial charge in [-0.05, 0) is 24.6 Å². The summed E-state index contributed by atoms with van der Waals surface area (Å²) in [5.74, 6) is -0.130. The molecule has 8 nitrogen and oxygen atoms in total. The van der Waals surface area contributed by atoms with Gasteiger partial charge in [-0.25, -0.2) is 4.79 Å². The van der Waals surface area contributed by atoms with Gasteiger partial charge in [-0.15, -0.1) is 0 Å². The van der Waals surface area contributed by atoms with Crippen molar-refractivity contribution in [2.24, 2.45) is 0 Å². The molecule has 1 aliphatic rings. The fourth-order valence-electron chi connectivity index (χ4n) is 2.06. The van der Waals surface area contributed by atoms with E-state index in [1.807, 2.05) is 0 Å². The van der Waals surface area contributed by atoms with Crippen molar-refractivity contribution in [1.82, 2.24) is 10.6 Å². The molecule has 0 aromatic heterocycles. The van der Waals surface area contributed by atoms with Crippen molar-refractivity contribution in [3.63, 3.8) is 0 Å². The van der Waals surface area contributed by atoms with Crippen LogP contribution in [0.2, 0.25) is 0 Å². The Labute approximate surface area is 119 Å². The van der Waals surface area contributed by atoms with Gasteiger partial charge in [0.1, 0.15) is 11.8 Å². The van der Waals surface area contributed by atoms with Crippen molar-refractivity contribution in [3.8, 4) is 5.75 Å². The number of carbonyl (C=O) groups excluding carboxylic acids is 2. The average Bonchev–Trinajstić information content (AvgIpc) is 2.37. The second-order valence-electron chi connectivity index (χ2n) is 4.46. The lowest BCUT2D eigenvalue weighted by Gasteiger charge is -2.23. The molecule has 0 saturated heterocycles. The molecule has 1 aromatic rings. The molecule has 110 valence electrons. The highest BCUT2D eigenvalue weighted by Gasteiger charge is 2.35. The van der Waals surface area contributed by atoms with Crippen LogP contribution in [0.15, 0.2) is 35.7 Å². The van der Waals surface area contributed by atoms with Crippen LogP contribution in [0, 0.1) is 10.1 Å². The summed E-state index contributed by atoms with van der Waals surface area (Å²) in [6.07, 6.45) is 0. The van der Waals surface area contributed by atoms with Crippen LogP contribution in [0.1, 0.15) is 25.5 Å². The third-order valence-corrected chi connectivity index (χ3v) is 2.91. The Bertz CT molecular complexity index is 636. The molecular formula is C13H13N3O5. The molecule has 0 unspecified atom stereocenters. The van der Waals surface area contributed by atoms with Crippen LogP contribution in [-0.4, -0.2) is 16.9 Å². The van der Waals surface area contributed by atoms with Crippen molar-refractivity contribution >= 4 is 12.0 Å². The molecule has 1 heterocycles. The van der Waals surface area contributed by atoms with Gasteiger partial charge in [0.25, 0.3) is 5.70 Å². The summed E-state index contributed by atoms with van der Waals surface area (Å²) < 4.78 is 4.89. The van der Waals surface area contributed by atoms with Crippen LogP contribution in [0.3, 0.4) is 0 Å². The monoisotopic (exact) mass is 291 g/mol. The second-order valence-corrected chi connectivity index (χ2v) is 4.46. The number of nitro groups is 1. The Hall–Kier alpha value is -2.90. The quantitative estimate of drug-likeness (QED) is 0.379. The lowest BCUT2D eigenvalue weighted by Crippen LogP contribution is -2.44. The molecule has 0 bridgehead atoms. The van der Waals surface area contributed by atoms with Gasteiger partial charge in [-0.2, -0.15) is 0 Å². The van der Waals surface area contributed by atoms with E-state index < -0.39 is 23.0 Å². The van der Waals surface area contributed by atoms with Crippen molar-refractivity contribution in [3.05, 3.63) is 51.3 Å². The van der Waals surface area contributed by atoms with Crippen LogP contribution < -0.4 is 15.4 Å². The van der Waals surface area contributed by atoms with Gasteiger partial charge in [-0.3, -0.25) is 14.9 Å². The van der Waals surface area contributed by atoms with E-state index in [1.165, 1.54) is 26.0 Å². The molecule has 8 heteroatoms. The van der Waals surface area contributed by atoms with Crippen molar-refractivity contribution in [1.29, 1.82) is 0 Å². The molecule has 0 aliphatic carbocycles. The summed E-state index contributed by atoms with van der Waals surface area (Å²) in [6, 6.07) is 4.78. The summed E-state index contributed by atoms with van der Waals surface area (Å²) >= 11 is 0. The minimum absolute atomic E-state index is 0.130. The largest absolute Gasteiger partial charge is 0.427 e. The Morgan fingerprint density at radius 3 is 2.48 bits per heavy atom. The molecule has 2 rings (SSSR count). The zero-order valence-electron chi connectivity index (χ0n) is 11.4. The van der Waals surface area contributed by atoms with Crippen LogP contribution in [0.25, 0.3) is 0 Å². The molecule has 1 aromatic carbocycles. The summed E-state index contributed by atoms with van der Waals surface area (Å²) in [4.78, 5) is 33.0. The zero-order chi connectivity index (χ0) is 15.6. The van der Waals surface area contributed by atoms with Gasteiger partial charge < -0.3 is 15.4 Å². The molecular weight excluding hydrogens is 278 g/mol. The number of nitrogens with one attached hydrogen (secondary N) is 2. The number of amides is 2. The number of hydrogen-bond acceptors (Lipinski definition) is 5. The van der Waals surface area contributed by atoms with E-state index in [4.69, 9.17) is 4.74 Å². The van der Waals surface area contributed by atoms with Crippen molar-refractivity contribution in [2.45, 2.75) is 19.9 Å². The van der Waals surface area contributed by atoms with Crippen LogP contribution in [0.4, 0.5) is 4.79 Å². The number of ether oxygens (including phenoxy) is 1. The Kier molecular flexibility index (Phi) is 3.88. The third kappa shape index (κ3) is 3.16. The maximum Gasteiger partial charge on any atom is 0.320 e. The molecule has 0 spiro atoms. The smallest absolute Gasteiger partial charge is 0.320 e. The Morgan fingerprint density at radius 2 is 1.95 bits per heavy atom. The molecule has 1 atom stereocenters. The minimum atomic E-state index is -0.861. The number of allylic oxidation sites excluding steroid dienone is 1. The first kappa shape index (κ1) is 14.5. The van der Waals surface area contributed by atoms with Gasteiger partial charge in [0.05, 0.1) is 10.6 Å². The highest BCUT2D eigenvalue weighted by atomic mass is 16.6. The summed E-state index contributed by atoms with van der Waals surface area (Å²) in [5.41, 5.74) is 0.583. The number of nitrogens with zero attached hydrogens (tertiary/aromatic N) is 1. The Balaban J connectivity index is 2.34. The van der Waals surface area contributed by atoms with Crippen molar-refractivity contribution in [2.75, 3.05) is 0 Å². The molecule has 0 fully saturated rings. The van der Waals surface area contributed by atoms with E-state index in [-0.39, 0.29) is 11.4 Å². The van der Waals surface area contributed by atoms with E-state index in [9.17, 15) is 19.7 Å². The van der Waals surface area contributed by atoms with E-state index in [2.05, 4.69) is 10.6 Å². The summed E-state index contributed by atoms with van der Waals surface area (Å²) in [7, 11) is 0. The van der Waals surface area contributed by atoms with Crippen LogP contribution >= 0.6 is 0 Å². The predicted molar refractivity (Wildman–Crippen MR) is 71.9 cm³/mol. The number of rotatable bonds is 3. The lowest BCUT2D eigenvalue weighted by molar-refractivity contribution is -0.432. The van der Waals surface area contributed by atoms with Gasteiger partial charge >= 0.3 is 12.0 Å². The first-order valence-corrected chi connectivity index (χ1v) is 6.09. The topological polar surface area (TPSA) is 111 Å². The van der Waals surface area contributed by atoms with E-state index in [0.29, 0.717) is 11.3 Å². The molecule has 0 radical (unpaired) electrons. The predicted octanol–water partition coefficient (Wildman–Crippen LogP) is 1.47. The van der Waals surface area contributed by atoms with Crippen LogP contribution in [0.5, 0.6) is 5.75 Å². The number of esters is 1. The zero-order valence-corrected chi connectivity index (χ0v) is 11.4. The van der Waals surface area contributed by atoms with Gasteiger partial charge in [0, 0.05) is 6.92 Å². The maximum atomic E-state index is 11.5. The van der Waals surface area contributed by atoms with Gasteiger partial charge in [0.15, 0.2) is 0 Å². The molecule has 2 amide bonds. The number of urea groups is 1.